The van der Waals surface area contributed by atoms with Crippen molar-refractivity contribution in [2.45, 2.75) is 52.7 Å². The van der Waals surface area contributed by atoms with Crippen molar-refractivity contribution in [2.75, 3.05) is 11.9 Å². The topological polar surface area (TPSA) is 85.3 Å². The van der Waals surface area contributed by atoms with Crippen molar-refractivity contribution in [1.82, 2.24) is 15.1 Å². The third-order valence-electron chi connectivity index (χ3n) is 4.65. The van der Waals surface area contributed by atoms with Crippen molar-refractivity contribution in [3.63, 3.8) is 0 Å². The number of aryl methyl sites for hydroxylation is 2. The second-order valence-corrected chi connectivity index (χ2v) is 9.42. The second-order valence-electron chi connectivity index (χ2n) is 8.34. The number of hydrogen-bond acceptors (Lipinski definition) is 5. The van der Waals surface area contributed by atoms with E-state index in [1.54, 1.807) is 6.20 Å². The number of benzene rings is 1. The number of anilines is 1. The first kappa shape index (κ1) is 23.5. The number of amides is 2. The zero-order chi connectivity index (χ0) is 23.1. The number of aromatic nitrogens is 2. The lowest BCUT2D eigenvalue weighted by Crippen LogP contribution is -2.33. The summed E-state index contributed by atoms with van der Waals surface area (Å²) in [4.78, 5) is 26.3. The van der Waals surface area contributed by atoms with Gasteiger partial charge in [0.1, 0.15) is 5.60 Å². The molecule has 7 nitrogen and oxygen atoms in total. The SMILES string of the molecule is CCn1nccc1-c1ccc(C(=O)Nc2ccccc2CCCNC(=O)OC(C)(C)C)s1. The van der Waals surface area contributed by atoms with Crippen molar-refractivity contribution in [1.29, 1.82) is 0 Å². The summed E-state index contributed by atoms with van der Waals surface area (Å²) >= 11 is 1.45. The van der Waals surface area contributed by atoms with Crippen LogP contribution >= 0.6 is 11.3 Å². The van der Waals surface area contributed by atoms with Gasteiger partial charge in [0.05, 0.1) is 15.4 Å². The van der Waals surface area contributed by atoms with Crippen LogP contribution in [0.2, 0.25) is 0 Å². The van der Waals surface area contributed by atoms with E-state index < -0.39 is 11.7 Å². The van der Waals surface area contributed by atoms with Crippen LogP contribution in [0.15, 0.2) is 48.7 Å². The fourth-order valence-electron chi connectivity index (χ4n) is 3.22. The van der Waals surface area contributed by atoms with Crippen molar-refractivity contribution in [3.05, 3.63) is 59.1 Å². The van der Waals surface area contributed by atoms with Crippen LogP contribution in [-0.4, -0.2) is 33.9 Å². The average Bonchev–Trinajstić information content (AvgIpc) is 3.40. The maximum Gasteiger partial charge on any atom is 0.407 e. The Bertz CT molecular complexity index is 1070. The zero-order valence-electron chi connectivity index (χ0n) is 19.0. The minimum absolute atomic E-state index is 0.136. The van der Waals surface area contributed by atoms with Gasteiger partial charge < -0.3 is 15.4 Å². The van der Waals surface area contributed by atoms with Gasteiger partial charge in [-0.05, 0) is 70.4 Å². The first-order chi connectivity index (χ1) is 15.3. The van der Waals surface area contributed by atoms with Crippen molar-refractivity contribution < 1.29 is 14.3 Å². The monoisotopic (exact) mass is 454 g/mol. The number of nitrogens with one attached hydrogen (secondary N) is 2. The molecule has 2 N–H and O–H groups in total. The maximum absolute atomic E-state index is 12.9. The Morgan fingerprint density at radius 1 is 1.12 bits per heavy atom. The molecule has 32 heavy (non-hydrogen) atoms. The number of rotatable bonds is 8. The number of para-hydroxylation sites is 1. The van der Waals surface area contributed by atoms with Crippen LogP contribution in [0.5, 0.6) is 0 Å². The average molecular weight is 455 g/mol. The number of ether oxygens (including phenoxy) is 1. The Labute approximate surface area is 192 Å². The van der Waals surface area contributed by atoms with Crippen LogP contribution in [0.1, 0.15) is 49.4 Å². The Hall–Kier alpha value is -3.13. The van der Waals surface area contributed by atoms with Gasteiger partial charge in [0.15, 0.2) is 0 Å². The van der Waals surface area contributed by atoms with E-state index in [1.165, 1.54) is 11.3 Å². The standard InChI is InChI=1S/C24H30N4O3S/c1-5-28-19(14-16-26-28)20-12-13-21(32-20)22(29)27-18-11-7-6-9-17(18)10-8-15-25-23(30)31-24(2,3)4/h6-7,9,11-14,16H,5,8,10,15H2,1-4H3,(H,25,30)(H,27,29). The molecule has 0 aliphatic carbocycles. The number of carbonyl (C=O) groups excluding carboxylic acids is 2. The van der Waals surface area contributed by atoms with E-state index in [1.807, 2.05) is 74.8 Å². The molecule has 2 amide bonds. The van der Waals surface area contributed by atoms with Crippen LogP contribution in [-0.2, 0) is 17.7 Å². The summed E-state index contributed by atoms with van der Waals surface area (Å²) in [5.74, 6) is -0.136. The first-order valence-corrected chi connectivity index (χ1v) is 11.6. The molecule has 0 radical (unpaired) electrons. The van der Waals surface area contributed by atoms with Gasteiger partial charge in [-0.15, -0.1) is 11.3 Å². The van der Waals surface area contributed by atoms with E-state index in [0.29, 0.717) is 11.4 Å². The van der Waals surface area contributed by atoms with Crippen LogP contribution in [0, 0.1) is 0 Å². The Morgan fingerprint density at radius 3 is 2.66 bits per heavy atom. The van der Waals surface area contributed by atoms with Gasteiger partial charge >= 0.3 is 6.09 Å². The molecule has 1 aromatic carbocycles. The molecule has 0 fully saturated rings. The normalized spacial score (nSPS) is 11.2. The number of carbonyl (C=O) groups is 2. The van der Waals surface area contributed by atoms with E-state index in [-0.39, 0.29) is 5.91 Å². The second kappa shape index (κ2) is 10.5. The highest BCUT2D eigenvalue weighted by molar-refractivity contribution is 7.17. The molecule has 2 heterocycles. The molecule has 2 aromatic heterocycles. The predicted molar refractivity (Wildman–Crippen MR) is 128 cm³/mol. The van der Waals surface area contributed by atoms with Crippen molar-refractivity contribution in [2.24, 2.45) is 0 Å². The molecule has 170 valence electrons. The minimum Gasteiger partial charge on any atom is -0.444 e. The quantitative estimate of drug-likeness (QED) is 0.450. The van der Waals surface area contributed by atoms with Crippen molar-refractivity contribution in [3.8, 4) is 10.6 Å². The van der Waals surface area contributed by atoms with Gasteiger partial charge in [0, 0.05) is 25.0 Å². The molecule has 3 aromatic rings. The lowest BCUT2D eigenvalue weighted by molar-refractivity contribution is 0.0527. The molecule has 0 atom stereocenters. The molecule has 0 aliphatic rings. The molecule has 0 aliphatic heterocycles. The first-order valence-electron chi connectivity index (χ1n) is 10.7. The fourth-order valence-corrected chi connectivity index (χ4v) is 4.15. The van der Waals surface area contributed by atoms with E-state index in [9.17, 15) is 9.59 Å². The Balaban J connectivity index is 1.58. The van der Waals surface area contributed by atoms with Gasteiger partial charge in [-0.3, -0.25) is 9.48 Å². The summed E-state index contributed by atoms with van der Waals surface area (Å²) in [6.07, 6.45) is 2.80. The van der Waals surface area contributed by atoms with E-state index in [0.717, 1.165) is 41.2 Å². The van der Waals surface area contributed by atoms with Crippen molar-refractivity contribution >= 4 is 29.0 Å². The van der Waals surface area contributed by atoms with Gasteiger partial charge in [-0.25, -0.2) is 4.79 Å². The molecule has 0 spiro atoms. The minimum atomic E-state index is -0.515. The van der Waals surface area contributed by atoms with E-state index >= 15 is 0 Å². The van der Waals surface area contributed by atoms with Gasteiger partial charge in [0.25, 0.3) is 5.91 Å². The van der Waals surface area contributed by atoms with Gasteiger partial charge in [0.2, 0.25) is 0 Å². The molecule has 0 bridgehead atoms. The van der Waals surface area contributed by atoms with Gasteiger partial charge in [-0.2, -0.15) is 5.10 Å². The van der Waals surface area contributed by atoms with Crippen LogP contribution in [0.4, 0.5) is 10.5 Å². The largest absolute Gasteiger partial charge is 0.444 e. The predicted octanol–water partition coefficient (Wildman–Crippen LogP) is 5.34. The molecular weight excluding hydrogens is 424 g/mol. The fraction of sp³-hybridized carbons (Fsp3) is 0.375. The van der Waals surface area contributed by atoms with E-state index in [4.69, 9.17) is 4.74 Å². The molecule has 3 rings (SSSR count). The molecule has 0 saturated heterocycles. The number of alkyl carbamates (subject to hydrolysis) is 1. The van der Waals surface area contributed by atoms with Crippen LogP contribution < -0.4 is 10.6 Å². The molecule has 8 heteroatoms. The Kier molecular flexibility index (Phi) is 7.69. The number of thiophene rings is 1. The van der Waals surface area contributed by atoms with E-state index in [2.05, 4.69) is 15.7 Å². The highest BCUT2D eigenvalue weighted by Gasteiger charge is 2.16. The summed E-state index contributed by atoms with van der Waals surface area (Å²) in [5.41, 5.74) is 2.30. The molecular formula is C24H30N4O3S. The third-order valence-corrected chi connectivity index (χ3v) is 5.76. The third kappa shape index (κ3) is 6.43. The Morgan fingerprint density at radius 2 is 1.91 bits per heavy atom. The summed E-state index contributed by atoms with van der Waals surface area (Å²) in [6, 6.07) is 13.5. The smallest absolute Gasteiger partial charge is 0.407 e. The molecule has 0 unspecified atom stereocenters. The maximum atomic E-state index is 12.9. The lowest BCUT2D eigenvalue weighted by atomic mass is 10.1. The van der Waals surface area contributed by atoms with Crippen LogP contribution in [0.3, 0.4) is 0 Å². The number of hydrogen-bond donors (Lipinski definition) is 2. The highest BCUT2D eigenvalue weighted by atomic mass is 32.1. The van der Waals surface area contributed by atoms with Crippen LogP contribution in [0.25, 0.3) is 10.6 Å². The zero-order valence-corrected chi connectivity index (χ0v) is 19.8. The summed E-state index contributed by atoms with van der Waals surface area (Å²) < 4.78 is 7.16. The lowest BCUT2D eigenvalue weighted by Gasteiger charge is -2.19. The summed E-state index contributed by atoms with van der Waals surface area (Å²) in [7, 11) is 0. The highest BCUT2D eigenvalue weighted by Crippen LogP contribution is 2.29. The summed E-state index contributed by atoms with van der Waals surface area (Å²) in [5, 5.41) is 10.1. The molecule has 0 saturated carbocycles. The number of nitrogens with zero attached hydrogens (tertiary/aromatic N) is 2. The summed E-state index contributed by atoms with van der Waals surface area (Å²) in [6.45, 7) is 8.81. The van der Waals surface area contributed by atoms with Gasteiger partial charge in [-0.1, -0.05) is 18.2 Å².